The topological polar surface area (TPSA) is 29.1 Å². The number of nitrogens with one attached hydrogen (secondary N) is 1. The van der Waals surface area contributed by atoms with Gasteiger partial charge in [0.25, 0.3) is 0 Å². The summed E-state index contributed by atoms with van der Waals surface area (Å²) in [6, 6.07) is 0.664. The van der Waals surface area contributed by atoms with Gasteiger partial charge in [-0.3, -0.25) is 4.21 Å². The molecule has 0 radical (unpaired) electrons. The molecule has 3 heteroatoms. The molecule has 1 aliphatic rings. The molecule has 3 atom stereocenters. The molecule has 1 saturated carbocycles. The van der Waals surface area contributed by atoms with Gasteiger partial charge in [0.1, 0.15) is 0 Å². The van der Waals surface area contributed by atoms with Crippen LogP contribution < -0.4 is 5.32 Å². The van der Waals surface area contributed by atoms with Gasteiger partial charge in [-0.2, -0.15) is 0 Å². The first-order valence-corrected chi connectivity index (χ1v) is 6.79. The molecule has 1 rings (SSSR count). The largest absolute Gasteiger partial charge is 0.314 e. The Morgan fingerprint density at radius 2 is 2.08 bits per heavy atom. The molecule has 0 aromatic rings. The summed E-state index contributed by atoms with van der Waals surface area (Å²) in [5.41, 5.74) is 0. The molecule has 78 valence electrons. The normalized spacial score (nSPS) is 23.9. The minimum atomic E-state index is -0.660. The molecule has 13 heavy (non-hydrogen) atoms. The predicted octanol–water partition coefficient (Wildman–Crippen LogP) is 1.53. The van der Waals surface area contributed by atoms with Crippen LogP contribution in [-0.4, -0.2) is 28.3 Å². The molecule has 3 unspecified atom stereocenters. The van der Waals surface area contributed by atoms with Gasteiger partial charge in [0, 0.05) is 28.3 Å². The van der Waals surface area contributed by atoms with Crippen LogP contribution in [0.4, 0.5) is 0 Å². The van der Waals surface area contributed by atoms with Crippen molar-refractivity contribution in [3.05, 3.63) is 0 Å². The highest BCUT2D eigenvalue weighted by atomic mass is 32.2. The van der Waals surface area contributed by atoms with Crippen molar-refractivity contribution in [1.29, 1.82) is 0 Å². The highest BCUT2D eigenvalue weighted by Crippen LogP contribution is 2.32. The lowest BCUT2D eigenvalue weighted by atomic mass is 10.2. The Morgan fingerprint density at radius 1 is 1.46 bits per heavy atom. The molecule has 1 fully saturated rings. The fraction of sp³-hybridized carbons (Fsp3) is 1.00. The van der Waals surface area contributed by atoms with Gasteiger partial charge in [-0.25, -0.2) is 0 Å². The fourth-order valence-corrected chi connectivity index (χ4v) is 1.89. The summed E-state index contributed by atoms with van der Waals surface area (Å²) in [7, 11) is -0.660. The summed E-state index contributed by atoms with van der Waals surface area (Å²) >= 11 is 0. The molecule has 0 aliphatic heterocycles. The maximum atomic E-state index is 11.0. The lowest BCUT2D eigenvalue weighted by Crippen LogP contribution is -2.30. The summed E-state index contributed by atoms with van der Waals surface area (Å²) in [6.07, 6.45) is 5.60. The maximum absolute atomic E-state index is 11.0. The van der Waals surface area contributed by atoms with Crippen molar-refractivity contribution < 1.29 is 4.21 Å². The molecular weight excluding hydrogens is 182 g/mol. The third-order valence-corrected chi connectivity index (χ3v) is 4.28. The molecular formula is C10H21NOS. The molecule has 0 saturated heterocycles. The first kappa shape index (κ1) is 11.2. The van der Waals surface area contributed by atoms with Crippen molar-refractivity contribution in [2.75, 3.05) is 12.8 Å². The lowest BCUT2D eigenvalue weighted by molar-refractivity contribution is 0.488. The molecule has 0 bridgehead atoms. The number of hydrogen-bond acceptors (Lipinski definition) is 2. The van der Waals surface area contributed by atoms with Crippen LogP contribution in [0.5, 0.6) is 0 Å². The second-order valence-electron chi connectivity index (χ2n) is 4.18. The molecule has 2 nitrogen and oxygen atoms in total. The maximum Gasteiger partial charge on any atom is 0.0329 e. The van der Waals surface area contributed by atoms with Gasteiger partial charge in [0.15, 0.2) is 0 Å². The summed E-state index contributed by atoms with van der Waals surface area (Å²) in [5.74, 6) is 0.919. The van der Waals surface area contributed by atoms with E-state index >= 15 is 0 Å². The zero-order valence-corrected chi connectivity index (χ0v) is 9.69. The molecule has 0 heterocycles. The Labute approximate surface area is 83.9 Å². The van der Waals surface area contributed by atoms with Gasteiger partial charge in [-0.1, -0.05) is 6.92 Å². The summed E-state index contributed by atoms with van der Waals surface area (Å²) < 4.78 is 11.0. The van der Waals surface area contributed by atoms with Crippen LogP contribution in [0.3, 0.4) is 0 Å². The average molecular weight is 203 g/mol. The summed E-state index contributed by atoms with van der Waals surface area (Å²) in [6.45, 7) is 5.32. The minimum Gasteiger partial charge on any atom is -0.314 e. The average Bonchev–Trinajstić information content (AvgIpc) is 2.85. The molecule has 0 amide bonds. The zero-order valence-electron chi connectivity index (χ0n) is 8.88. The van der Waals surface area contributed by atoms with Crippen molar-refractivity contribution >= 4 is 10.8 Å². The highest BCUT2D eigenvalue weighted by Gasteiger charge is 2.27. The van der Waals surface area contributed by atoms with E-state index in [1.165, 1.54) is 12.8 Å². The van der Waals surface area contributed by atoms with E-state index in [0.29, 0.717) is 11.3 Å². The Kier molecular flexibility index (Phi) is 4.39. The van der Waals surface area contributed by atoms with Crippen LogP contribution >= 0.6 is 0 Å². The zero-order chi connectivity index (χ0) is 9.84. The summed E-state index contributed by atoms with van der Waals surface area (Å²) in [4.78, 5) is 0. The van der Waals surface area contributed by atoms with Crippen LogP contribution in [0.2, 0.25) is 0 Å². The van der Waals surface area contributed by atoms with E-state index in [1.807, 2.05) is 0 Å². The molecule has 0 aromatic heterocycles. The van der Waals surface area contributed by atoms with Gasteiger partial charge in [-0.05, 0) is 38.6 Å². The van der Waals surface area contributed by atoms with Gasteiger partial charge < -0.3 is 5.32 Å². The van der Waals surface area contributed by atoms with Crippen LogP contribution in [0, 0.1) is 5.92 Å². The van der Waals surface area contributed by atoms with Crippen molar-refractivity contribution in [2.45, 2.75) is 44.4 Å². The first-order chi connectivity index (χ1) is 6.11. The smallest absolute Gasteiger partial charge is 0.0329 e. The second-order valence-corrected chi connectivity index (χ2v) is 5.98. The van der Waals surface area contributed by atoms with E-state index < -0.39 is 10.8 Å². The van der Waals surface area contributed by atoms with E-state index in [1.54, 1.807) is 6.26 Å². The quantitative estimate of drug-likeness (QED) is 0.709. The standard InChI is InChI=1S/C10H21NOS/c1-8(13(3)12)6-7-11-9(2)10-4-5-10/h8-11H,4-7H2,1-3H3. The van der Waals surface area contributed by atoms with Crippen LogP contribution in [0.15, 0.2) is 0 Å². The summed E-state index contributed by atoms with van der Waals surface area (Å²) in [5, 5.41) is 3.83. The number of hydrogen-bond donors (Lipinski definition) is 1. The second kappa shape index (κ2) is 5.11. The minimum absolute atomic E-state index is 0.332. The Bertz CT molecular complexity index is 180. The monoisotopic (exact) mass is 203 g/mol. The van der Waals surface area contributed by atoms with Crippen LogP contribution in [0.25, 0.3) is 0 Å². The third-order valence-electron chi connectivity index (χ3n) is 2.91. The highest BCUT2D eigenvalue weighted by molar-refractivity contribution is 7.84. The van der Waals surface area contributed by atoms with E-state index in [0.717, 1.165) is 18.9 Å². The Hall–Kier alpha value is 0.110. The predicted molar refractivity (Wildman–Crippen MR) is 58.3 cm³/mol. The fourth-order valence-electron chi connectivity index (χ4n) is 1.44. The van der Waals surface area contributed by atoms with Crippen LogP contribution in [-0.2, 0) is 10.8 Å². The number of rotatable bonds is 6. The molecule has 1 aliphatic carbocycles. The van der Waals surface area contributed by atoms with Crippen molar-refractivity contribution in [2.24, 2.45) is 5.92 Å². The van der Waals surface area contributed by atoms with Crippen molar-refractivity contribution in [1.82, 2.24) is 5.32 Å². The van der Waals surface area contributed by atoms with E-state index in [4.69, 9.17) is 0 Å². The van der Waals surface area contributed by atoms with Crippen molar-refractivity contribution in [3.63, 3.8) is 0 Å². The lowest BCUT2D eigenvalue weighted by Gasteiger charge is -2.14. The Morgan fingerprint density at radius 3 is 2.54 bits per heavy atom. The Balaban J connectivity index is 2.02. The van der Waals surface area contributed by atoms with Gasteiger partial charge in [-0.15, -0.1) is 0 Å². The third kappa shape index (κ3) is 4.23. The van der Waals surface area contributed by atoms with Crippen molar-refractivity contribution in [3.8, 4) is 0 Å². The van der Waals surface area contributed by atoms with Gasteiger partial charge in [0.2, 0.25) is 0 Å². The van der Waals surface area contributed by atoms with E-state index in [2.05, 4.69) is 19.2 Å². The van der Waals surface area contributed by atoms with E-state index in [-0.39, 0.29) is 0 Å². The first-order valence-electron chi connectivity index (χ1n) is 5.17. The SMILES string of the molecule is CC(NCCC(C)S(C)=O)C1CC1. The van der Waals surface area contributed by atoms with Gasteiger partial charge >= 0.3 is 0 Å². The van der Waals surface area contributed by atoms with Gasteiger partial charge in [0.05, 0.1) is 0 Å². The molecule has 1 N–H and O–H groups in total. The molecule has 0 aromatic carbocycles. The molecule has 0 spiro atoms. The van der Waals surface area contributed by atoms with Crippen LogP contribution in [0.1, 0.15) is 33.1 Å². The van der Waals surface area contributed by atoms with E-state index in [9.17, 15) is 4.21 Å².